The van der Waals surface area contributed by atoms with Crippen LogP contribution in [0.1, 0.15) is 312 Å². The zero-order chi connectivity index (χ0) is 62.5. The normalized spacial score (nSPS) is 15.1. The molecule has 0 bridgehead atoms. The van der Waals surface area contributed by atoms with E-state index in [4.69, 9.17) is 37.0 Å². The summed E-state index contributed by atoms with van der Waals surface area (Å²) in [6.07, 6.45) is 34.9. The molecule has 0 aliphatic rings. The van der Waals surface area contributed by atoms with E-state index < -0.39 is 97.5 Å². The highest BCUT2D eigenvalue weighted by molar-refractivity contribution is 7.47. The fraction of sp³-hybridized carbons (Fsp3) is 0.938. The topological polar surface area (TPSA) is 237 Å². The first-order valence-electron chi connectivity index (χ1n) is 33.8. The smallest absolute Gasteiger partial charge is 0.462 e. The van der Waals surface area contributed by atoms with Crippen molar-refractivity contribution in [1.29, 1.82) is 0 Å². The second kappa shape index (κ2) is 55.2. The molecule has 0 aromatic heterocycles. The highest BCUT2D eigenvalue weighted by Gasteiger charge is 2.30. The Morgan fingerprint density at radius 2 is 0.571 bits per heavy atom. The molecule has 0 saturated heterocycles. The molecule has 0 aromatic carbocycles. The summed E-state index contributed by atoms with van der Waals surface area (Å²) < 4.78 is 68.0. The summed E-state index contributed by atoms with van der Waals surface area (Å²) in [7, 11) is -9.89. The molecule has 0 aliphatic carbocycles. The van der Waals surface area contributed by atoms with E-state index in [1.165, 1.54) is 109 Å². The van der Waals surface area contributed by atoms with Gasteiger partial charge in [0.25, 0.3) is 0 Å². The van der Waals surface area contributed by atoms with Crippen molar-refractivity contribution in [3.05, 3.63) is 0 Å². The summed E-state index contributed by atoms with van der Waals surface area (Å²) in [5, 5.41) is 10.5. The molecule has 4 unspecified atom stereocenters. The predicted molar refractivity (Wildman–Crippen MR) is 335 cm³/mol. The Kier molecular flexibility index (Phi) is 53.9. The van der Waals surface area contributed by atoms with Gasteiger partial charge >= 0.3 is 39.5 Å². The van der Waals surface area contributed by atoms with Gasteiger partial charge in [0.15, 0.2) is 12.2 Å². The largest absolute Gasteiger partial charge is 0.472 e. The molecule has 3 N–H and O–H groups in total. The van der Waals surface area contributed by atoms with E-state index in [1.54, 1.807) is 0 Å². The van der Waals surface area contributed by atoms with Gasteiger partial charge in [-0.25, -0.2) is 9.13 Å². The third kappa shape index (κ3) is 56.6. The zero-order valence-corrected chi connectivity index (χ0v) is 56.3. The van der Waals surface area contributed by atoms with Crippen LogP contribution in [0.5, 0.6) is 0 Å². The Bertz CT molecular complexity index is 1680. The van der Waals surface area contributed by atoms with Crippen molar-refractivity contribution in [3.63, 3.8) is 0 Å². The van der Waals surface area contributed by atoms with Crippen molar-refractivity contribution in [2.75, 3.05) is 39.6 Å². The van der Waals surface area contributed by atoms with Gasteiger partial charge in [-0.1, -0.05) is 261 Å². The lowest BCUT2D eigenvalue weighted by Crippen LogP contribution is -2.30. The molecule has 0 heterocycles. The Morgan fingerprint density at radius 3 is 0.845 bits per heavy atom. The summed E-state index contributed by atoms with van der Waals surface area (Å²) in [4.78, 5) is 72.3. The molecule has 17 nitrogen and oxygen atoms in total. The number of aliphatic hydroxyl groups excluding tert-OH is 1. The highest BCUT2D eigenvalue weighted by atomic mass is 31.2. The summed E-state index contributed by atoms with van der Waals surface area (Å²) in [6.45, 7) is 14.0. The minimum absolute atomic E-state index is 0.103. The summed E-state index contributed by atoms with van der Waals surface area (Å²) in [5.41, 5.74) is 0. The number of carbonyl (C=O) groups excluding carboxylic acids is 4. The van der Waals surface area contributed by atoms with Crippen molar-refractivity contribution in [1.82, 2.24) is 0 Å². The average Bonchev–Trinajstić information content (AvgIpc) is 3.47. The maximum absolute atomic E-state index is 13.0. The van der Waals surface area contributed by atoms with Crippen LogP contribution in [0, 0.1) is 23.7 Å². The van der Waals surface area contributed by atoms with Gasteiger partial charge in [0.1, 0.15) is 19.3 Å². The van der Waals surface area contributed by atoms with Crippen LogP contribution in [0.15, 0.2) is 0 Å². The van der Waals surface area contributed by atoms with E-state index in [-0.39, 0.29) is 25.7 Å². The van der Waals surface area contributed by atoms with Crippen molar-refractivity contribution in [2.45, 2.75) is 331 Å². The van der Waals surface area contributed by atoms with E-state index in [1.807, 2.05) is 0 Å². The molecule has 0 aliphatic heterocycles. The fourth-order valence-electron chi connectivity index (χ4n) is 9.54. The third-order valence-electron chi connectivity index (χ3n) is 15.5. The number of aliphatic hydroxyl groups is 1. The first kappa shape index (κ1) is 82.1. The first-order valence-corrected chi connectivity index (χ1v) is 36.8. The number of rotatable bonds is 62. The van der Waals surface area contributed by atoms with Crippen LogP contribution in [0.25, 0.3) is 0 Å². The van der Waals surface area contributed by atoms with Gasteiger partial charge in [-0.05, 0) is 49.4 Å². The number of hydrogen-bond acceptors (Lipinski definition) is 15. The minimum atomic E-state index is -4.95. The van der Waals surface area contributed by atoms with Gasteiger partial charge in [0.05, 0.1) is 26.4 Å². The lowest BCUT2D eigenvalue weighted by Gasteiger charge is -2.21. The standard InChI is InChI=1S/C65H126O17P2/c1-9-57(7)43-35-27-19-13-16-22-32-40-48-65(70)82-61(52-76-63(68)46-38-30-24-23-28-36-44-58(8)10-2)54-80-84(73,74)78-50-59(66)49-77-83(71,72)79-53-60(81-64(69)47-39-31-21-15-12-18-26-34-42-56(5)6)51-75-62(67)45-37-29-20-14-11-17-25-33-41-55(3)4/h55-61,66H,9-54H2,1-8H3,(H,71,72)(H,73,74)/t57?,58?,59-,60-,61-/m1/s1. The average molecular weight is 1240 g/mol. The fourth-order valence-corrected chi connectivity index (χ4v) is 11.1. The van der Waals surface area contributed by atoms with Crippen LogP contribution in [-0.2, 0) is 65.4 Å². The predicted octanol–water partition coefficient (Wildman–Crippen LogP) is 17.8. The van der Waals surface area contributed by atoms with E-state index in [2.05, 4.69) is 55.4 Å². The maximum atomic E-state index is 13.0. The SMILES string of the molecule is CCC(C)CCCCCCCCCCC(=O)O[C@H](COC(=O)CCCCCCCCC(C)CC)COP(=O)(O)OC[C@H](O)COP(=O)(O)OC[C@@H](COC(=O)CCCCCCCCCCC(C)C)OC(=O)CCCCCCCCCCC(C)C. The number of phosphoric acid groups is 2. The molecule has 7 atom stereocenters. The second-order valence-electron chi connectivity index (χ2n) is 24.9. The van der Waals surface area contributed by atoms with Crippen molar-refractivity contribution in [2.24, 2.45) is 23.7 Å². The molecule has 0 rings (SSSR count). The van der Waals surface area contributed by atoms with Crippen LogP contribution < -0.4 is 0 Å². The quantitative estimate of drug-likeness (QED) is 0.0222. The number of hydrogen-bond donors (Lipinski definition) is 3. The number of carbonyl (C=O) groups is 4. The molecular formula is C65H126O17P2. The number of phosphoric ester groups is 2. The minimum Gasteiger partial charge on any atom is -0.462 e. The lowest BCUT2D eigenvalue weighted by atomic mass is 9.99. The summed E-state index contributed by atoms with van der Waals surface area (Å²) >= 11 is 0. The van der Waals surface area contributed by atoms with Crippen molar-refractivity contribution < 1.29 is 80.2 Å². The van der Waals surface area contributed by atoms with Gasteiger partial charge in [0, 0.05) is 25.7 Å². The monoisotopic (exact) mass is 1240 g/mol. The molecule has 0 spiro atoms. The van der Waals surface area contributed by atoms with Gasteiger partial charge in [-0.15, -0.1) is 0 Å². The Balaban J connectivity index is 5.27. The molecule has 84 heavy (non-hydrogen) atoms. The molecule has 498 valence electrons. The van der Waals surface area contributed by atoms with E-state index in [0.717, 1.165) is 120 Å². The lowest BCUT2D eigenvalue weighted by molar-refractivity contribution is -0.161. The van der Waals surface area contributed by atoms with Crippen molar-refractivity contribution in [3.8, 4) is 0 Å². The van der Waals surface area contributed by atoms with E-state index in [9.17, 15) is 43.2 Å². The Hall–Kier alpha value is -1.94. The van der Waals surface area contributed by atoms with Gasteiger partial charge in [-0.3, -0.25) is 37.3 Å². The third-order valence-corrected chi connectivity index (χ3v) is 17.4. The second-order valence-corrected chi connectivity index (χ2v) is 27.8. The Labute approximate surface area is 511 Å². The van der Waals surface area contributed by atoms with Crippen LogP contribution in [0.2, 0.25) is 0 Å². The van der Waals surface area contributed by atoms with Crippen LogP contribution in [0.4, 0.5) is 0 Å². The molecule has 0 amide bonds. The summed E-state index contributed by atoms with van der Waals surface area (Å²) in [5.74, 6) is 0.805. The maximum Gasteiger partial charge on any atom is 0.472 e. The molecule has 19 heteroatoms. The van der Waals surface area contributed by atoms with E-state index >= 15 is 0 Å². The Morgan fingerprint density at radius 1 is 0.333 bits per heavy atom. The zero-order valence-electron chi connectivity index (χ0n) is 54.5. The number of ether oxygens (including phenoxy) is 4. The molecule has 0 fully saturated rings. The van der Waals surface area contributed by atoms with Crippen molar-refractivity contribution >= 4 is 39.5 Å². The summed E-state index contributed by atoms with van der Waals surface area (Å²) in [6, 6.07) is 0. The first-order chi connectivity index (χ1) is 40.2. The number of unbranched alkanes of at least 4 members (excludes halogenated alkanes) is 26. The van der Waals surface area contributed by atoms with Gasteiger partial charge in [-0.2, -0.15) is 0 Å². The van der Waals surface area contributed by atoms with Crippen LogP contribution in [0.3, 0.4) is 0 Å². The number of esters is 4. The van der Waals surface area contributed by atoms with Gasteiger partial charge < -0.3 is 33.8 Å². The van der Waals surface area contributed by atoms with Crippen LogP contribution >= 0.6 is 15.6 Å². The highest BCUT2D eigenvalue weighted by Crippen LogP contribution is 2.45. The molecular weight excluding hydrogens is 1110 g/mol. The molecule has 0 radical (unpaired) electrons. The molecule has 0 aromatic rings. The van der Waals surface area contributed by atoms with E-state index in [0.29, 0.717) is 25.7 Å². The van der Waals surface area contributed by atoms with Crippen LogP contribution in [-0.4, -0.2) is 96.7 Å². The molecule has 0 saturated carbocycles. The van der Waals surface area contributed by atoms with Gasteiger partial charge in [0.2, 0.25) is 0 Å².